The molecular formula is C21H30F3N3O2. The predicted octanol–water partition coefficient (Wildman–Crippen LogP) is 5.04. The summed E-state index contributed by atoms with van der Waals surface area (Å²) in [7, 11) is 0. The Bertz CT molecular complexity index is 862. The summed E-state index contributed by atoms with van der Waals surface area (Å²) < 4.78 is 41.0. The molecule has 8 heteroatoms. The van der Waals surface area contributed by atoms with Gasteiger partial charge in [-0.25, -0.2) is 9.97 Å². The van der Waals surface area contributed by atoms with E-state index in [1.807, 2.05) is 34.6 Å². The molecule has 162 valence electrons. The van der Waals surface area contributed by atoms with Crippen molar-refractivity contribution in [3.8, 4) is 0 Å². The van der Waals surface area contributed by atoms with Crippen LogP contribution in [0.15, 0.2) is 12.1 Å². The third-order valence-electron chi connectivity index (χ3n) is 5.23. The predicted molar refractivity (Wildman–Crippen MR) is 106 cm³/mol. The minimum atomic E-state index is -4.52. The molecule has 0 atom stereocenters. The van der Waals surface area contributed by atoms with E-state index in [1.165, 1.54) is 6.07 Å². The molecule has 0 unspecified atom stereocenters. The summed E-state index contributed by atoms with van der Waals surface area (Å²) >= 11 is 0. The summed E-state index contributed by atoms with van der Waals surface area (Å²) in [4.78, 5) is 20.6. The first-order chi connectivity index (χ1) is 13.3. The largest absolute Gasteiger partial charge is 0.433 e. The Labute approximate surface area is 169 Å². The van der Waals surface area contributed by atoms with Gasteiger partial charge in [-0.3, -0.25) is 4.79 Å². The van der Waals surface area contributed by atoms with E-state index in [4.69, 9.17) is 0 Å². The number of rotatable bonds is 8. The smallest absolute Gasteiger partial charge is 0.389 e. The lowest BCUT2D eigenvalue weighted by atomic mass is 9.90. The maximum absolute atomic E-state index is 13.1. The van der Waals surface area contributed by atoms with E-state index in [2.05, 4.69) is 9.97 Å². The molecule has 2 aromatic rings. The lowest BCUT2D eigenvalue weighted by Gasteiger charge is -2.25. The van der Waals surface area contributed by atoms with Crippen LogP contribution in [-0.2, 0) is 22.9 Å². The quantitative estimate of drug-likeness (QED) is 0.658. The third-order valence-corrected chi connectivity index (χ3v) is 5.23. The number of aryl methyl sites for hydroxylation is 1. The molecule has 2 aromatic heterocycles. The minimum absolute atomic E-state index is 0.0212. The first-order valence-electron chi connectivity index (χ1n) is 10.0. The Balaban J connectivity index is 2.23. The zero-order valence-corrected chi connectivity index (χ0v) is 17.7. The van der Waals surface area contributed by atoms with Crippen LogP contribution in [-0.4, -0.2) is 31.0 Å². The second kappa shape index (κ2) is 8.42. The van der Waals surface area contributed by atoms with Crippen molar-refractivity contribution in [2.45, 2.75) is 90.5 Å². The van der Waals surface area contributed by atoms with Crippen molar-refractivity contribution < 1.29 is 23.1 Å². The fraction of sp³-hybridized carbons (Fsp3) is 0.667. The van der Waals surface area contributed by atoms with Gasteiger partial charge < -0.3 is 9.67 Å². The average molecular weight is 413 g/mol. The number of hydrogen-bond acceptors (Lipinski definition) is 4. The molecule has 0 saturated heterocycles. The number of ketones is 1. The summed E-state index contributed by atoms with van der Waals surface area (Å²) in [6.45, 7) is 9.35. The summed E-state index contributed by atoms with van der Waals surface area (Å²) in [6, 6.07) is 2.27. The van der Waals surface area contributed by atoms with Crippen LogP contribution in [0, 0.1) is 0 Å². The van der Waals surface area contributed by atoms with Crippen molar-refractivity contribution in [3.63, 3.8) is 0 Å². The lowest BCUT2D eigenvalue weighted by Crippen LogP contribution is -2.30. The maximum Gasteiger partial charge on any atom is 0.433 e. The molecule has 29 heavy (non-hydrogen) atoms. The van der Waals surface area contributed by atoms with Crippen molar-refractivity contribution in [2.24, 2.45) is 0 Å². The molecule has 1 N–H and O–H groups in total. The minimum Gasteiger partial charge on any atom is -0.389 e. The molecule has 5 nitrogen and oxygen atoms in total. The van der Waals surface area contributed by atoms with Gasteiger partial charge in [-0.15, -0.1) is 0 Å². The molecule has 0 saturated carbocycles. The topological polar surface area (TPSA) is 68.0 Å². The number of Topliss-reactive ketones (excluding diaryl/α,β-unsaturated/α-hetero) is 1. The van der Waals surface area contributed by atoms with Gasteiger partial charge in [0.2, 0.25) is 0 Å². The van der Waals surface area contributed by atoms with Crippen LogP contribution < -0.4 is 0 Å². The van der Waals surface area contributed by atoms with Crippen LogP contribution in [0.4, 0.5) is 13.2 Å². The molecule has 0 amide bonds. The van der Waals surface area contributed by atoms with E-state index >= 15 is 0 Å². The van der Waals surface area contributed by atoms with Crippen LogP contribution >= 0.6 is 0 Å². The fourth-order valence-electron chi connectivity index (χ4n) is 3.43. The van der Waals surface area contributed by atoms with E-state index in [1.54, 1.807) is 4.57 Å². The van der Waals surface area contributed by atoms with Gasteiger partial charge in [0, 0.05) is 24.8 Å². The second-order valence-corrected chi connectivity index (χ2v) is 8.57. The van der Waals surface area contributed by atoms with Gasteiger partial charge in [0.1, 0.15) is 22.8 Å². The number of alkyl halides is 3. The number of imidazole rings is 1. The van der Waals surface area contributed by atoms with E-state index < -0.39 is 23.0 Å². The molecule has 0 aromatic carbocycles. The number of fused-ring (bicyclic) bond motifs is 1. The number of carbonyl (C=O) groups excluding carboxylic acids is 1. The lowest BCUT2D eigenvalue weighted by molar-refractivity contribution is -0.141. The molecule has 0 aliphatic rings. The van der Waals surface area contributed by atoms with E-state index in [9.17, 15) is 23.1 Å². The molecule has 0 fully saturated rings. The first-order valence-corrected chi connectivity index (χ1v) is 10.0. The van der Waals surface area contributed by atoms with E-state index in [0.29, 0.717) is 37.0 Å². The highest BCUT2D eigenvalue weighted by atomic mass is 19.4. The van der Waals surface area contributed by atoms with Gasteiger partial charge in [-0.1, -0.05) is 13.8 Å². The van der Waals surface area contributed by atoms with Gasteiger partial charge in [0.05, 0.1) is 5.60 Å². The van der Waals surface area contributed by atoms with Crippen molar-refractivity contribution in [3.05, 3.63) is 23.7 Å². The maximum atomic E-state index is 13.1. The molecule has 0 aliphatic carbocycles. The van der Waals surface area contributed by atoms with Crippen LogP contribution in [0.1, 0.15) is 78.2 Å². The standard InChI is InChI=1S/C21H30F3N3O2/c1-6-20(29,7-2)13-14(28)9-8-10-17-25-15-11-12-16(21(22,23)24)26-18(15)27(17)19(3,4)5/h11-12,29H,6-10,13H2,1-5H3. The highest BCUT2D eigenvalue weighted by Crippen LogP contribution is 2.31. The normalized spacial score (nSPS) is 13.3. The highest BCUT2D eigenvalue weighted by molar-refractivity contribution is 5.79. The van der Waals surface area contributed by atoms with Crippen molar-refractivity contribution in [1.82, 2.24) is 14.5 Å². The fourth-order valence-corrected chi connectivity index (χ4v) is 3.43. The Kier molecular flexibility index (Phi) is 6.77. The number of nitrogens with zero attached hydrogens (tertiary/aromatic N) is 3. The number of aromatic nitrogens is 3. The van der Waals surface area contributed by atoms with Gasteiger partial charge in [-0.05, 0) is 52.2 Å². The summed E-state index contributed by atoms with van der Waals surface area (Å²) in [5.41, 5.74) is -1.83. The number of halogens is 3. The SMILES string of the molecule is CCC(O)(CC)CC(=O)CCCc1nc2ccc(C(F)(F)F)nc2n1C(C)(C)C. The molecular weight excluding hydrogens is 383 g/mol. The van der Waals surface area contributed by atoms with Gasteiger partial charge in [0.25, 0.3) is 0 Å². The summed E-state index contributed by atoms with van der Waals surface area (Å²) in [6.07, 6.45) is -2.14. The monoisotopic (exact) mass is 413 g/mol. The van der Waals surface area contributed by atoms with E-state index in [-0.39, 0.29) is 24.3 Å². The number of pyridine rings is 1. The molecule has 0 aliphatic heterocycles. The van der Waals surface area contributed by atoms with Gasteiger partial charge >= 0.3 is 6.18 Å². The van der Waals surface area contributed by atoms with Crippen molar-refractivity contribution in [2.75, 3.05) is 0 Å². The Morgan fingerprint density at radius 1 is 1.10 bits per heavy atom. The third kappa shape index (κ3) is 5.56. The first kappa shape index (κ1) is 23.3. The second-order valence-electron chi connectivity index (χ2n) is 8.57. The van der Waals surface area contributed by atoms with Crippen LogP contribution in [0.2, 0.25) is 0 Å². The summed E-state index contributed by atoms with van der Waals surface area (Å²) in [5, 5.41) is 10.3. The van der Waals surface area contributed by atoms with Crippen LogP contribution in [0.3, 0.4) is 0 Å². The molecule has 0 spiro atoms. The highest BCUT2D eigenvalue weighted by Gasteiger charge is 2.34. The Morgan fingerprint density at radius 2 is 1.72 bits per heavy atom. The van der Waals surface area contributed by atoms with Crippen molar-refractivity contribution in [1.29, 1.82) is 0 Å². The molecule has 2 rings (SSSR count). The van der Waals surface area contributed by atoms with Crippen LogP contribution in [0.5, 0.6) is 0 Å². The average Bonchev–Trinajstić information content (AvgIpc) is 2.98. The van der Waals surface area contributed by atoms with Crippen LogP contribution in [0.25, 0.3) is 11.2 Å². The summed E-state index contributed by atoms with van der Waals surface area (Å²) in [5.74, 6) is 0.584. The molecule has 0 radical (unpaired) electrons. The van der Waals surface area contributed by atoms with Gasteiger partial charge in [-0.2, -0.15) is 13.2 Å². The van der Waals surface area contributed by atoms with Crippen molar-refractivity contribution >= 4 is 16.9 Å². The number of carbonyl (C=O) groups is 1. The zero-order valence-electron chi connectivity index (χ0n) is 17.7. The zero-order chi connectivity index (χ0) is 22.0. The number of aliphatic hydroxyl groups is 1. The Hall–Kier alpha value is -1.96. The molecule has 2 heterocycles. The Morgan fingerprint density at radius 3 is 2.24 bits per heavy atom. The molecule has 0 bridgehead atoms. The van der Waals surface area contributed by atoms with E-state index in [0.717, 1.165) is 6.07 Å². The van der Waals surface area contributed by atoms with Gasteiger partial charge in [0.15, 0.2) is 5.65 Å². The number of hydrogen-bond donors (Lipinski definition) is 1.